The van der Waals surface area contributed by atoms with E-state index in [1.807, 2.05) is 0 Å². The summed E-state index contributed by atoms with van der Waals surface area (Å²) in [4.78, 5) is 24.4. The molecule has 0 aliphatic carbocycles. The Kier molecular flexibility index (Phi) is 5.97. The summed E-state index contributed by atoms with van der Waals surface area (Å²) in [6.45, 7) is 4.54. The van der Waals surface area contributed by atoms with Gasteiger partial charge < -0.3 is 10.4 Å². The molecule has 1 amide bonds. The summed E-state index contributed by atoms with van der Waals surface area (Å²) in [5.41, 5.74) is 0. The van der Waals surface area contributed by atoms with E-state index in [1.54, 1.807) is 0 Å². The summed E-state index contributed by atoms with van der Waals surface area (Å²) in [5.74, 6) is -0.755. The fraction of sp³-hybridized carbons (Fsp3) is 0.833. The third-order valence-corrected chi connectivity index (χ3v) is 3.04. The molecule has 1 unspecified atom stereocenters. The van der Waals surface area contributed by atoms with E-state index in [2.05, 4.69) is 17.1 Å². The number of carbonyl (C=O) groups excluding carboxylic acids is 1. The van der Waals surface area contributed by atoms with Crippen molar-refractivity contribution in [1.29, 1.82) is 0 Å². The van der Waals surface area contributed by atoms with Crippen LogP contribution in [-0.2, 0) is 9.59 Å². The molecule has 0 aromatic rings. The maximum Gasteiger partial charge on any atom is 0.303 e. The Morgan fingerprint density at radius 2 is 2.24 bits per heavy atom. The van der Waals surface area contributed by atoms with Gasteiger partial charge in [0.1, 0.15) is 0 Å². The Bertz CT molecular complexity index is 268. The molecule has 1 aliphatic rings. The van der Waals surface area contributed by atoms with Gasteiger partial charge >= 0.3 is 5.97 Å². The number of carbonyl (C=O) groups is 2. The number of likely N-dealkylation sites (tertiary alicyclic amines) is 1. The molecule has 0 saturated carbocycles. The number of hydrogen-bond acceptors (Lipinski definition) is 3. The lowest BCUT2D eigenvalue weighted by atomic mass is 10.2. The summed E-state index contributed by atoms with van der Waals surface area (Å²) in [6, 6.07) is -0.000205. The van der Waals surface area contributed by atoms with Crippen LogP contribution in [0, 0.1) is 0 Å². The molecule has 0 bridgehead atoms. The fourth-order valence-electron chi connectivity index (χ4n) is 2.25. The van der Waals surface area contributed by atoms with Crippen LogP contribution in [0.25, 0.3) is 0 Å². The van der Waals surface area contributed by atoms with E-state index in [9.17, 15) is 9.59 Å². The van der Waals surface area contributed by atoms with Crippen LogP contribution < -0.4 is 5.32 Å². The average molecular weight is 242 g/mol. The molecular formula is C12H22N2O3. The third kappa shape index (κ3) is 4.73. The SMILES string of the molecule is CCCN1CCCC1C(=O)NCCCC(=O)O. The van der Waals surface area contributed by atoms with Crippen molar-refractivity contribution in [2.75, 3.05) is 19.6 Å². The van der Waals surface area contributed by atoms with Crippen molar-refractivity contribution < 1.29 is 14.7 Å². The van der Waals surface area contributed by atoms with Crippen LogP contribution in [0.3, 0.4) is 0 Å². The molecule has 0 radical (unpaired) electrons. The van der Waals surface area contributed by atoms with E-state index in [4.69, 9.17) is 5.11 Å². The van der Waals surface area contributed by atoms with Gasteiger partial charge in [-0.15, -0.1) is 0 Å². The van der Waals surface area contributed by atoms with Crippen LogP contribution in [0.15, 0.2) is 0 Å². The average Bonchev–Trinajstić information content (AvgIpc) is 2.72. The molecule has 98 valence electrons. The molecule has 1 saturated heterocycles. The van der Waals surface area contributed by atoms with E-state index in [1.165, 1.54) is 0 Å². The summed E-state index contributed by atoms with van der Waals surface area (Å²) in [5, 5.41) is 11.3. The quantitative estimate of drug-likeness (QED) is 0.649. The molecule has 5 nitrogen and oxygen atoms in total. The lowest BCUT2D eigenvalue weighted by molar-refractivity contribution is -0.137. The Morgan fingerprint density at radius 3 is 2.88 bits per heavy atom. The zero-order valence-electron chi connectivity index (χ0n) is 10.4. The molecule has 5 heteroatoms. The fourth-order valence-corrected chi connectivity index (χ4v) is 2.25. The Morgan fingerprint density at radius 1 is 1.47 bits per heavy atom. The molecule has 1 fully saturated rings. The standard InChI is InChI=1S/C12H22N2O3/c1-2-8-14-9-4-5-10(14)12(17)13-7-3-6-11(15)16/h10H,2-9H2,1H3,(H,13,17)(H,15,16). The first-order valence-corrected chi connectivity index (χ1v) is 6.38. The highest BCUT2D eigenvalue weighted by Gasteiger charge is 2.29. The van der Waals surface area contributed by atoms with Crippen LogP contribution in [0.2, 0.25) is 0 Å². The van der Waals surface area contributed by atoms with Gasteiger partial charge in [0, 0.05) is 13.0 Å². The number of nitrogens with zero attached hydrogens (tertiary/aromatic N) is 1. The van der Waals surface area contributed by atoms with E-state index < -0.39 is 5.97 Å². The van der Waals surface area contributed by atoms with Crippen molar-refractivity contribution in [1.82, 2.24) is 10.2 Å². The Hall–Kier alpha value is -1.10. The van der Waals surface area contributed by atoms with Crippen molar-refractivity contribution in [3.05, 3.63) is 0 Å². The second kappa shape index (κ2) is 7.27. The molecule has 1 heterocycles. The minimum absolute atomic E-state index is 0.000205. The minimum atomic E-state index is -0.812. The number of aliphatic carboxylic acids is 1. The molecule has 0 aromatic carbocycles. The van der Waals surface area contributed by atoms with Gasteiger partial charge in [-0.1, -0.05) is 6.92 Å². The molecule has 1 rings (SSSR count). The van der Waals surface area contributed by atoms with Crippen molar-refractivity contribution in [3.8, 4) is 0 Å². The number of hydrogen-bond donors (Lipinski definition) is 2. The lowest BCUT2D eigenvalue weighted by Gasteiger charge is -2.22. The van der Waals surface area contributed by atoms with E-state index in [0.29, 0.717) is 13.0 Å². The van der Waals surface area contributed by atoms with E-state index in [0.717, 1.165) is 32.4 Å². The van der Waals surface area contributed by atoms with Gasteiger partial charge in [-0.25, -0.2) is 0 Å². The lowest BCUT2D eigenvalue weighted by Crippen LogP contribution is -2.43. The van der Waals surface area contributed by atoms with Gasteiger partial charge in [0.25, 0.3) is 0 Å². The predicted molar refractivity (Wildman–Crippen MR) is 64.8 cm³/mol. The van der Waals surface area contributed by atoms with Gasteiger partial charge in [-0.3, -0.25) is 14.5 Å². The maximum atomic E-state index is 11.9. The second-order valence-electron chi connectivity index (χ2n) is 4.48. The molecular weight excluding hydrogens is 220 g/mol. The zero-order valence-corrected chi connectivity index (χ0v) is 10.4. The van der Waals surface area contributed by atoms with Crippen molar-refractivity contribution >= 4 is 11.9 Å². The summed E-state index contributed by atoms with van der Waals surface area (Å²) < 4.78 is 0. The Balaban J connectivity index is 2.24. The van der Waals surface area contributed by atoms with Gasteiger partial charge in [0.15, 0.2) is 0 Å². The van der Waals surface area contributed by atoms with Crippen molar-refractivity contribution in [2.24, 2.45) is 0 Å². The van der Waals surface area contributed by atoms with Crippen LogP contribution >= 0.6 is 0 Å². The van der Waals surface area contributed by atoms with Crippen molar-refractivity contribution in [3.63, 3.8) is 0 Å². The zero-order chi connectivity index (χ0) is 12.7. The molecule has 2 N–H and O–H groups in total. The van der Waals surface area contributed by atoms with Crippen LogP contribution in [0.1, 0.15) is 39.0 Å². The number of carboxylic acids is 1. The number of rotatable bonds is 7. The number of amides is 1. The Labute approximate surface area is 102 Å². The van der Waals surface area contributed by atoms with Gasteiger partial charge in [-0.05, 0) is 38.8 Å². The number of nitrogens with one attached hydrogen (secondary N) is 1. The van der Waals surface area contributed by atoms with Gasteiger partial charge in [-0.2, -0.15) is 0 Å². The van der Waals surface area contributed by atoms with Crippen LogP contribution in [0.5, 0.6) is 0 Å². The second-order valence-corrected chi connectivity index (χ2v) is 4.48. The van der Waals surface area contributed by atoms with Crippen LogP contribution in [-0.4, -0.2) is 47.6 Å². The largest absolute Gasteiger partial charge is 0.481 e. The molecule has 1 aliphatic heterocycles. The topological polar surface area (TPSA) is 69.6 Å². The first-order valence-electron chi connectivity index (χ1n) is 6.38. The summed E-state index contributed by atoms with van der Waals surface area (Å²) in [6.07, 6.45) is 3.67. The van der Waals surface area contributed by atoms with Gasteiger partial charge in [0.05, 0.1) is 6.04 Å². The normalized spacial score (nSPS) is 20.4. The highest BCUT2D eigenvalue weighted by Crippen LogP contribution is 2.17. The first-order chi connectivity index (χ1) is 8.15. The number of carboxylic acid groups (broad SMARTS) is 1. The smallest absolute Gasteiger partial charge is 0.303 e. The van der Waals surface area contributed by atoms with E-state index >= 15 is 0 Å². The highest BCUT2D eigenvalue weighted by atomic mass is 16.4. The summed E-state index contributed by atoms with van der Waals surface area (Å²) >= 11 is 0. The van der Waals surface area contributed by atoms with Gasteiger partial charge in [0.2, 0.25) is 5.91 Å². The minimum Gasteiger partial charge on any atom is -0.481 e. The monoisotopic (exact) mass is 242 g/mol. The molecule has 0 spiro atoms. The van der Waals surface area contributed by atoms with Crippen molar-refractivity contribution in [2.45, 2.75) is 45.1 Å². The summed E-state index contributed by atoms with van der Waals surface area (Å²) in [7, 11) is 0. The maximum absolute atomic E-state index is 11.9. The van der Waals surface area contributed by atoms with Crippen LogP contribution in [0.4, 0.5) is 0 Å². The van der Waals surface area contributed by atoms with E-state index in [-0.39, 0.29) is 18.4 Å². The molecule has 1 atom stereocenters. The predicted octanol–water partition coefficient (Wildman–Crippen LogP) is 0.842. The molecule has 17 heavy (non-hydrogen) atoms. The third-order valence-electron chi connectivity index (χ3n) is 3.04. The first kappa shape index (κ1) is 14.0. The highest BCUT2D eigenvalue weighted by molar-refractivity contribution is 5.82. The molecule has 0 aromatic heterocycles.